The number of aromatic nitrogens is 2. The summed E-state index contributed by atoms with van der Waals surface area (Å²) in [6.45, 7) is 5.32. The molecular weight excluding hydrogens is 288 g/mol. The molecular formula is C14H18N4O2S. The Kier molecular flexibility index (Phi) is 4.87. The van der Waals surface area contributed by atoms with Crippen LogP contribution >= 0.6 is 0 Å². The summed E-state index contributed by atoms with van der Waals surface area (Å²) in [5.74, 6) is 0. The SMILES string of the molecule is CCNCc1ccc(S(=O)(=O)Nc2ccnc(C)c2)nc1. The summed E-state index contributed by atoms with van der Waals surface area (Å²) in [6, 6.07) is 6.52. The highest BCUT2D eigenvalue weighted by atomic mass is 32.2. The average molecular weight is 306 g/mol. The molecule has 0 aliphatic rings. The van der Waals surface area contributed by atoms with Gasteiger partial charge in [-0.05, 0) is 37.2 Å². The molecule has 0 aliphatic heterocycles. The maximum absolute atomic E-state index is 12.2. The van der Waals surface area contributed by atoms with Gasteiger partial charge in [-0.1, -0.05) is 13.0 Å². The van der Waals surface area contributed by atoms with Gasteiger partial charge in [0.25, 0.3) is 10.0 Å². The van der Waals surface area contributed by atoms with Crippen molar-refractivity contribution in [2.24, 2.45) is 0 Å². The molecule has 0 saturated carbocycles. The molecule has 2 aromatic rings. The molecule has 0 spiro atoms. The van der Waals surface area contributed by atoms with E-state index in [1.54, 1.807) is 37.5 Å². The van der Waals surface area contributed by atoms with Crippen LogP contribution in [0, 0.1) is 6.92 Å². The molecule has 2 N–H and O–H groups in total. The number of anilines is 1. The van der Waals surface area contributed by atoms with Crippen LogP contribution < -0.4 is 10.0 Å². The molecule has 7 heteroatoms. The van der Waals surface area contributed by atoms with Crippen LogP contribution in [0.4, 0.5) is 5.69 Å². The molecule has 2 rings (SSSR count). The van der Waals surface area contributed by atoms with Gasteiger partial charge in [0, 0.05) is 24.6 Å². The van der Waals surface area contributed by atoms with E-state index in [-0.39, 0.29) is 5.03 Å². The van der Waals surface area contributed by atoms with Gasteiger partial charge < -0.3 is 5.32 Å². The molecule has 6 nitrogen and oxygen atoms in total. The zero-order valence-corrected chi connectivity index (χ0v) is 12.8. The minimum Gasteiger partial charge on any atom is -0.313 e. The standard InChI is InChI=1S/C14H18N4O2S/c1-3-15-9-12-4-5-14(17-10-12)21(19,20)18-13-6-7-16-11(2)8-13/h4-8,10,15H,3,9H2,1-2H3,(H,16,18). The molecule has 0 radical (unpaired) electrons. The highest BCUT2D eigenvalue weighted by Gasteiger charge is 2.15. The number of nitrogens with zero attached hydrogens (tertiary/aromatic N) is 2. The zero-order chi connectivity index (χ0) is 15.3. The monoisotopic (exact) mass is 306 g/mol. The summed E-state index contributed by atoms with van der Waals surface area (Å²) in [5.41, 5.74) is 2.15. The van der Waals surface area contributed by atoms with Crippen LogP contribution in [0.1, 0.15) is 18.2 Å². The molecule has 21 heavy (non-hydrogen) atoms. The summed E-state index contributed by atoms with van der Waals surface area (Å²) >= 11 is 0. The van der Waals surface area contributed by atoms with Crippen molar-refractivity contribution < 1.29 is 8.42 Å². The van der Waals surface area contributed by atoms with E-state index in [9.17, 15) is 8.42 Å². The lowest BCUT2D eigenvalue weighted by Gasteiger charge is -2.08. The summed E-state index contributed by atoms with van der Waals surface area (Å²) in [4.78, 5) is 8.04. The largest absolute Gasteiger partial charge is 0.313 e. The minimum absolute atomic E-state index is 0.00258. The van der Waals surface area contributed by atoms with Gasteiger partial charge in [-0.25, -0.2) is 4.98 Å². The number of hydrogen-bond donors (Lipinski definition) is 2. The molecule has 0 atom stereocenters. The van der Waals surface area contributed by atoms with Crippen LogP contribution in [0.2, 0.25) is 0 Å². The van der Waals surface area contributed by atoms with Crippen LogP contribution in [0.5, 0.6) is 0 Å². The fourth-order valence-corrected chi connectivity index (χ4v) is 2.74. The van der Waals surface area contributed by atoms with Gasteiger partial charge in [0.1, 0.15) is 0 Å². The first-order valence-electron chi connectivity index (χ1n) is 6.62. The first kappa shape index (κ1) is 15.4. The second kappa shape index (κ2) is 6.64. The highest BCUT2D eigenvalue weighted by molar-refractivity contribution is 7.92. The maximum atomic E-state index is 12.2. The second-order valence-electron chi connectivity index (χ2n) is 4.58. The Bertz CT molecular complexity index is 699. The average Bonchev–Trinajstić information content (AvgIpc) is 2.45. The number of hydrogen-bond acceptors (Lipinski definition) is 5. The van der Waals surface area contributed by atoms with E-state index in [0.29, 0.717) is 12.2 Å². The van der Waals surface area contributed by atoms with Crippen molar-refractivity contribution in [1.29, 1.82) is 0 Å². The van der Waals surface area contributed by atoms with Crippen molar-refractivity contribution in [3.8, 4) is 0 Å². The molecule has 0 aromatic carbocycles. The lowest BCUT2D eigenvalue weighted by Crippen LogP contribution is -2.16. The zero-order valence-electron chi connectivity index (χ0n) is 12.0. The Morgan fingerprint density at radius 1 is 1.19 bits per heavy atom. The van der Waals surface area contributed by atoms with E-state index >= 15 is 0 Å². The predicted octanol–water partition coefficient (Wildman–Crippen LogP) is 1.70. The van der Waals surface area contributed by atoms with Gasteiger partial charge in [0.2, 0.25) is 0 Å². The molecule has 0 aliphatic carbocycles. The van der Waals surface area contributed by atoms with Crippen LogP contribution in [0.25, 0.3) is 0 Å². The Labute approximate surface area is 124 Å². The number of sulfonamides is 1. The van der Waals surface area contributed by atoms with Crippen molar-refractivity contribution in [1.82, 2.24) is 15.3 Å². The lowest BCUT2D eigenvalue weighted by atomic mass is 10.3. The molecule has 112 valence electrons. The molecule has 0 unspecified atom stereocenters. The fraction of sp³-hybridized carbons (Fsp3) is 0.286. The molecule has 0 fully saturated rings. The first-order chi connectivity index (χ1) is 10.0. The molecule has 0 saturated heterocycles. The Hall–Kier alpha value is -1.99. The van der Waals surface area contributed by atoms with Crippen molar-refractivity contribution in [2.75, 3.05) is 11.3 Å². The second-order valence-corrected chi connectivity index (χ2v) is 6.21. The van der Waals surface area contributed by atoms with Crippen LogP contribution in [-0.4, -0.2) is 24.9 Å². The van der Waals surface area contributed by atoms with Gasteiger partial charge in [0.15, 0.2) is 5.03 Å². The molecule has 2 aromatic heterocycles. The summed E-state index contributed by atoms with van der Waals surface area (Å²) in [6.07, 6.45) is 3.12. The highest BCUT2D eigenvalue weighted by Crippen LogP contribution is 2.14. The quantitative estimate of drug-likeness (QED) is 0.848. The van der Waals surface area contributed by atoms with Crippen LogP contribution in [0.15, 0.2) is 41.7 Å². The molecule has 0 amide bonds. The van der Waals surface area contributed by atoms with Gasteiger partial charge in [0.05, 0.1) is 5.69 Å². The third-order valence-electron chi connectivity index (χ3n) is 2.80. The first-order valence-corrected chi connectivity index (χ1v) is 8.10. The maximum Gasteiger partial charge on any atom is 0.279 e. The van der Waals surface area contributed by atoms with Gasteiger partial charge in [-0.15, -0.1) is 0 Å². The smallest absolute Gasteiger partial charge is 0.279 e. The van der Waals surface area contributed by atoms with Gasteiger partial charge in [-0.3, -0.25) is 9.71 Å². The lowest BCUT2D eigenvalue weighted by molar-refractivity contribution is 0.597. The van der Waals surface area contributed by atoms with E-state index in [1.165, 1.54) is 6.07 Å². The summed E-state index contributed by atoms with van der Waals surface area (Å²) in [5, 5.41) is 3.15. The normalized spacial score (nSPS) is 11.3. The number of pyridine rings is 2. The number of aryl methyl sites for hydroxylation is 1. The number of rotatable bonds is 6. The van der Waals surface area contributed by atoms with E-state index in [1.807, 2.05) is 6.92 Å². The Morgan fingerprint density at radius 3 is 2.62 bits per heavy atom. The van der Waals surface area contributed by atoms with E-state index in [4.69, 9.17) is 0 Å². The van der Waals surface area contributed by atoms with Crippen LogP contribution in [0.3, 0.4) is 0 Å². The summed E-state index contributed by atoms with van der Waals surface area (Å²) in [7, 11) is -3.68. The molecule has 2 heterocycles. The third-order valence-corrected chi connectivity index (χ3v) is 4.10. The van der Waals surface area contributed by atoms with Crippen molar-refractivity contribution in [3.05, 3.63) is 47.9 Å². The number of nitrogens with one attached hydrogen (secondary N) is 2. The van der Waals surface area contributed by atoms with Gasteiger partial charge >= 0.3 is 0 Å². The summed E-state index contributed by atoms with van der Waals surface area (Å²) < 4.78 is 26.9. The predicted molar refractivity (Wildman–Crippen MR) is 81.4 cm³/mol. The Balaban J connectivity index is 2.15. The van der Waals surface area contributed by atoms with Crippen LogP contribution in [-0.2, 0) is 16.6 Å². The third kappa shape index (κ3) is 4.24. The molecule has 0 bridgehead atoms. The van der Waals surface area contributed by atoms with Crippen molar-refractivity contribution in [3.63, 3.8) is 0 Å². The van der Waals surface area contributed by atoms with E-state index < -0.39 is 10.0 Å². The Morgan fingerprint density at radius 2 is 2.00 bits per heavy atom. The fourth-order valence-electron chi connectivity index (χ4n) is 1.76. The topological polar surface area (TPSA) is 84.0 Å². The van der Waals surface area contributed by atoms with E-state index in [2.05, 4.69) is 20.0 Å². The minimum atomic E-state index is -3.68. The van der Waals surface area contributed by atoms with Crippen molar-refractivity contribution in [2.45, 2.75) is 25.4 Å². The van der Waals surface area contributed by atoms with Gasteiger partial charge in [-0.2, -0.15) is 8.42 Å². The van der Waals surface area contributed by atoms with Crippen molar-refractivity contribution >= 4 is 15.7 Å². The van der Waals surface area contributed by atoms with E-state index in [0.717, 1.165) is 17.8 Å².